The summed E-state index contributed by atoms with van der Waals surface area (Å²) < 4.78 is 11.5. The number of fused-ring (bicyclic) bond motifs is 1. The highest BCUT2D eigenvalue weighted by Gasteiger charge is 2.23. The molecule has 0 bridgehead atoms. The normalized spacial score (nSPS) is 13.9. The molecule has 92 valence electrons. The van der Waals surface area contributed by atoms with Crippen molar-refractivity contribution < 1.29 is 14.3 Å². The van der Waals surface area contributed by atoms with E-state index in [0.29, 0.717) is 24.5 Å². The van der Waals surface area contributed by atoms with Crippen LogP contribution < -0.4 is 9.64 Å². The molecule has 0 fully saturated rings. The molecule has 0 spiro atoms. The second kappa shape index (κ2) is 4.96. The van der Waals surface area contributed by atoms with Crippen LogP contribution in [0.1, 0.15) is 17.3 Å². The Morgan fingerprint density at radius 2 is 2.35 bits per heavy atom. The molecule has 1 aromatic rings. The number of hydrogen-bond donors (Lipinski definition) is 0. The van der Waals surface area contributed by atoms with Crippen LogP contribution >= 0.6 is 15.9 Å². The topological polar surface area (TPSA) is 38.8 Å². The van der Waals surface area contributed by atoms with Gasteiger partial charge in [0.1, 0.15) is 12.2 Å². The van der Waals surface area contributed by atoms with Gasteiger partial charge in [-0.2, -0.15) is 0 Å². The first kappa shape index (κ1) is 12.2. The van der Waals surface area contributed by atoms with Crippen molar-refractivity contribution in [1.29, 1.82) is 0 Å². The van der Waals surface area contributed by atoms with Crippen LogP contribution in [0.4, 0.5) is 5.69 Å². The fraction of sp³-hybridized carbons (Fsp3) is 0.417. The molecule has 0 amide bonds. The summed E-state index contributed by atoms with van der Waals surface area (Å²) in [5.74, 6) is 0.265. The minimum absolute atomic E-state index is 0.347. The predicted octanol–water partition coefficient (Wildman–Crippen LogP) is 2.45. The van der Waals surface area contributed by atoms with Crippen molar-refractivity contribution >= 4 is 27.6 Å². The lowest BCUT2D eigenvalue weighted by atomic mass is 10.1. The number of nitrogens with zero attached hydrogens (tertiary/aromatic N) is 1. The Labute approximate surface area is 109 Å². The fourth-order valence-electron chi connectivity index (χ4n) is 1.78. The van der Waals surface area contributed by atoms with E-state index in [9.17, 15) is 4.79 Å². The Bertz CT molecular complexity index is 448. The fourth-order valence-corrected chi connectivity index (χ4v) is 2.23. The van der Waals surface area contributed by atoms with Crippen LogP contribution in [-0.4, -0.2) is 32.8 Å². The van der Waals surface area contributed by atoms with Crippen LogP contribution in [0, 0.1) is 0 Å². The summed E-state index contributed by atoms with van der Waals surface area (Å²) in [6.45, 7) is 3.54. The van der Waals surface area contributed by atoms with Gasteiger partial charge in [-0.1, -0.05) is 15.9 Å². The van der Waals surface area contributed by atoms with Crippen molar-refractivity contribution in [2.24, 2.45) is 0 Å². The van der Waals surface area contributed by atoms with E-state index in [1.807, 2.05) is 13.1 Å². The summed E-state index contributed by atoms with van der Waals surface area (Å²) in [5.41, 5.74) is 1.39. The third kappa shape index (κ3) is 2.39. The second-order valence-electron chi connectivity index (χ2n) is 3.79. The van der Waals surface area contributed by atoms with Gasteiger partial charge in [-0.3, -0.25) is 0 Å². The molecule has 0 radical (unpaired) electrons. The number of halogens is 1. The molecule has 0 saturated carbocycles. The highest BCUT2D eigenvalue weighted by Crippen LogP contribution is 2.37. The summed E-state index contributed by atoms with van der Waals surface area (Å²) in [4.78, 5) is 13.9. The van der Waals surface area contributed by atoms with Gasteiger partial charge in [0.05, 0.1) is 18.8 Å². The predicted molar refractivity (Wildman–Crippen MR) is 68.9 cm³/mol. The minimum atomic E-state index is -0.347. The van der Waals surface area contributed by atoms with Gasteiger partial charge in [-0.05, 0) is 19.1 Å². The Hall–Kier alpha value is -1.23. The molecule has 0 unspecified atom stereocenters. The summed E-state index contributed by atoms with van der Waals surface area (Å²) in [6.07, 6.45) is 0. The number of rotatable bonds is 2. The Kier molecular flexibility index (Phi) is 3.57. The van der Waals surface area contributed by atoms with Crippen molar-refractivity contribution in [2.75, 3.05) is 31.7 Å². The third-order valence-corrected chi connectivity index (χ3v) is 3.07. The van der Waals surface area contributed by atoms with Gasteiger partial charge in [-0.25, -0.2) is 4.79 Å². The van der Waals surface area contributed by atoms with E-state index in [4.69, 9.17) is 9.47 Å². The molecular weight excluding hydrogens is 286 g/mol. The minimum Gasteiger partial charge on any atom is -0.489 e. The SMILES string of the molecule is CCOC(=O)c1cc(Br)cc2c1OCCN2C. The maximum absolute atomic E-state index is 11.8. The molecule has 4 nitrogen and oxygen atoms in total. The molecule has 0 atom stereocenters. The average Bonchev–Trinajstić information content (AvgIpc) is 2.30. The van der Waals surface area contributed by atoms with E-state index in [1.165, 1.54) is 0 Å². The van der Waals surface area contributed by atoms with Crippen molar-refractivity contribution in [3.05, 3.63) is 22.2 Å². The number of anilines is 1. The number of benzene rings is 1. The van der Waals surface area contributed by atoms with Gasteiger partial charge < -0.3 is 14.4 Å². The number of ether oxygens (including phenoxy) is 2. The zero-order valence-corrected chi connectivity index (χ0v) is 11.4. The maximum Gasteiger partial charge on any atom is 0.342 e. The molecule has 17 heavy (non-hydrogen) atoms. The molecule has 1 aliphatic heterocycles. The van der Waals surface area contributed by atoms with Crippen LogP contribution in [0.15, 0.2) is 16.6 Å². The number of hydrogen-bond acceptors (Lipinski definition) is 4. The number of carbonyl (C=O) groups excluding carboxylic acids is 1. The van der Waals surface area contributed by atoms with Gasteiger partial charge in [0, 0.05) is 11.5 Å². The number of likely N-dealkylation sites (N-methyl/N-ethyl adjacent to an activating group) is 1. The molecule has 1 heterocycles. The molecular formula is C12H14BrNO3. The Morgan fingerprint density at radius 3 is 3.06 bits per heavy atom. The van der Waals surface area contributed by atoms with Crippen LogP contribution in [0.25, 0.3) is 0 Å². The summed E-state index contributed by atoms with van der Waals surface area (Å²) in [5, 5.41) is 0. The van der Waals surface area contributed by atoms with Crippen LogP contribution in [-0.2, 0) is 4.74 Å². The molecule has 0 saturated heterocycles. The van der Waals surface area contributed by atoms with E-state index in [2.05, 4.69) is 20.8 Å². The first-order valence-corrected chi connectivity index (χ1v) is 6.27. The molecule has 0 aliphatic carbocycles. The number of carbonyl (C=O) groups is 1. The molecule has 5 heteroatoms. The van der Waals surface area contributed by atoms with Crippen molar-refractivity contribution in [3.63, 3.8) is 0 Å². The van der Waals surface area contributed by atoms with Crippen molar-refractivity contribution in [2.45, 2.75) is 6.92 Å². The van der Waals surface area contributed by atoms with Crippen LogP contribution in [0.5, 0.6) is 5.75 Å². The zero-order chi connectivity index (χ0) is 12.4. The van der Waals surface area contributed by atoms with E-state index in [0.717, 1.165) is 16.7 Å². The number of esters is 1. The van der Waals surface area contributed by atoms with Gasteiger partial charge in [0.15, 0.2) is 5.75 Å². The smallest absolute Gasteiger partial charge is 0.342 e. The van der Waals surface area contributed by atoms with Crippen LogP contribution in [0.2, 0.25) is 0 Å². The van der Waals surface area contributed by atoms with E-state index in [-0.39, 0.29) is 5.97 Å². The molecule has 1 aromatic carbocycles. The summed E-state index contributed by atoms with van der Waals surface area (Å²) >= 11 is 3.40. The molecule has 1 aliphatic rings. The van der Waals surface area contributed by atoms with E-state index in [1.54, 1.807) is 13.0 Å². The lowest BCUT2D eigenvalue weighted by Gasteiger charge is -2.29. The largest absolute Gasteiger partial charge is 0.489 e. The summed E-state index contributed by atoms with van der Waals surface area (Å²) in [7, 11) is 1.97. The zero-order valence-electron chi connectivity index (χ0n) is 9.83. The Balaban J connectivity index is 2.48. The lowest BCUT2D eigenvalue weighted by molar-refractivity contribution is 0.0521. The quantitative estimate of drug-likeness (QED) is 0.787. The molecule has 0 aromatic heterocycles. The summed E-state index contributed by atoms with van der Waals surface area (Å²) in [6, 6.07) is 3.67. The molecule has 2 rings (SSSR count). The van der Waals surface area contributed by atoms with Gasteiger partial charge in [0.25, 0.3) is 0 Å². The average molecular weight is 300 g/mol. The third-order valence-electron chi connectivity index (χ3n) is 2.61. The van der Waals surface area contributed by atoms with E-state index < -0.39 is 0 Å². The highest BCUT2D eigenvalue weighted by atomic mass is 79.9. The van der Waals surface area contributed by atoms with Crippen LogP contribution in [0.3, 0.4) is 0 Å². The highest BCUT2D eigenvalue weighted by molar-refractivity contribution is 9.10. The van der Waals surface area contributed by atoms with Crippen molar-refractivity contribution in [1.82, 2.24) is 0 Å². The Morgan fingerprint density at radius 1 is 1.59 bits per heavy atom. The van der Waals surface area contributed by atoms with Gasteiger partial charge in [0.2, 0.25) is 0 Å². The first-order chi connectivity index (χ1) is 8.13. The van der Waals surface area contributed by atoms with E-state index >= 15 is 0 Å². The monoisotopic (exact) mass is 299 g/mol. The lowest BCUT2D eigenvalue weighted by Crippen LogP contribution is -2.30. The first-order valence-electron chi connectivity index (χ1n) is 5.48. The standard InChI is InChI=1S/C12H14BrNO3/c1-3-16-12(15)9-6-8(13)7-10-11(9)17-5-4-14(10)2/h6-7H,3-5H2,1-2H3. The maximum atomic E-state index is 11.8. The van der Waals surface area contributed by atoms with Crippen molar-refractivity contribution in [3.8, 4) is 5.75 Å². The molecule has 0 N–H and O–H groups in total. The van der Waals surface area contributed by atoms with Gasteiger partial charge in [-0.15, -0.1) is 0 Å². The van der Waals surface area contributed by atoms with Gasteiger partial charge >= 0.3 is 5.97 Å². The second-order valence-corrected chi connectivity index (χ2v) is 4.71.